The highest BCUT2D eigenvalue weighted by Crippen LogP contribution is 2.21. The van der Waals surface area contributed by atoms with E-state index in [0.717, 1.165) is 16.8 Å². The molecule has 0 aliphatic rings. The maximum Gasteiger partial charge on any atom is 0.357 e. The van der Waals surface area contributed by atoms with E-state index in [4.69, 9.17) is 9.15 Å². The number of halogens is 2. The molecule has 2 aromatic heterocycles. The Labute approximate surface area is 185 Å². The van der Waals surface area contributed by atoms with Gasteiger partial charge in [-0.25, -0.2) is 13.6 Å². The van der Waals surface area contributed by atoms with Crippen molar-refractivity contribution in [1.29, 1.82) is 0 Å². The van der Waals surface area contributed by atoms with Gasteiger partial charge >= 0.3 is 5.97 Å². The number of carbonyl (C=O) groups is 2. The standard InChI is InChI=1S/C22H15F2N5O4/c23-17-9-8-15(11-18(17)24)25-20(30)13-33-22(31)19(12-16-7-4-10-32-16)29-21(26-27-28-29)14-5-2-1-3-6-14/h1-12H,13H2,(H,25,30)/b19-12-. The number of esters is 1. The Bertz CT molecular complexity index is 1300. The monoisotopic (exact) mass is 451 g/mol. The van der Waals surface area contributed by atoms with Crippen LogP contribution in [0.2, 0.25) is 0 Å². The van der Waals surface area contributed by atoms with Gasteiger partial charge in [0.05, 0.1) is 6.26 Å². The molecule has 0 aliphatic carbocycles. The van der Waals surface area contributed by atoms with E-state index in [1.807, 2.05) is 6.07 Å². The lowest BCUT2D eigenvalue weighted by molar-refractivity contribution is -0.141. The predicted octanol–water partition coefficient (Wildman–Crippen LogP) is 3.39. The maximum absolute atomic E-state index is 13.3. The van der Waals surface area contributed by atoms with Gasteiger partial charge in [0.2, 0.25) is 0 Å². The number of nitrogens with one attached hydrogen (secondary N) is 1. The molecule has 0 spiro atoms. The summed E-state index contributed by atoms with van der Waals surface area (Å²) in [6.07, 6.45) is 2.78. The molecule has 0 saturated heterocycles. The van der Waals surface area contributed by atoms with Gasteiger partial charge in [0.1, 0.15) is 5.76 Å². The number of tetrazole rings is 1. The van der Waals surface area contributed by atoms with Crippen LogP contribution in [0, 0.1) is 11.6 Å². The van der Waals surface area contributed by atoms with Crippen LogP contribution in [0.4, 0.5) is 14.5 Å². The van der Waals surface area contributed by atoms with Crippen LogP contribution in [0.3, 0.4) is 0 Å². The van der Waals surface area contributed by atoms with Crippen molar-refractivity contribution in [1.82, 2.24) is 20.2 Å². The molecule has 0 fully saturated rings. The molecule has 9 nitrogen and oxygen atoms in total. The Hall–Kier alpha value is -4.67. The van der Waals surface area contributed by atoms with Crippen LogP contribution < -0.4 is 5.32 Å². The first-order valence-corrected chi connectivity index (χ1v) is 9.52. The second kappa shape index (κ2) is 9.64. The molecule has 166 valence electrons. The fraction of sp³-hybridized carbons (Fsp3) is 0.0455. The molecule has 0 saturated carbocycles. The molecule has 33 heavy (non-hydrogen) atoms. The van der Waals surface area contributed by atoms with E-state index < -0.39 is 30.1 Å². The quantitative estimate of drug-likeness (QED) is 0.339. The molecule has 0 unspecified atom stereocenters. The van der Waals surface area contributed by atoms with E-state index in [1.165, 1.54) is 18.4 Å². The third-order valence-corrected chi connectivity index (χ3v) is 4.30. The number of amides is 1. The summed E-state index contributed by atoms with van der Waals surface area (Å²) in [6, 6.07) is 15.0. The normalized spacial score (nSPS) is 11.3. The van der Waals surface area contributed by atoms with Crippen molar-refractivity contribution in [2.24, 2.45) is 0 Å². The van der Waals surface area contributed by atoms with Gasteiger partial charge in [-0.1, -0.05) is 30.3 Å². The van der Waals surface area contributed by atoms with Crippen LogP contribution in [0.25, 0.3) is 23.2 Å². The number of furan rings is 1. The number of carbonyl (C=O) groups excluding carboxylic acids is 2. The van der Waals surface area contributed by atoms with Crippen molar-refractivity contribution in [3.8, 4) is 11.4 Å². The minimum atomic E-state index is -1.12. The lowest BCUT2D eigenvalue weighted by atomic mass is 10.2. The van der Waals surface area contributed by atoms with E-state index >= 15 is 0 Å². The molecule has 4 aromatic rings. The smallest absolute Gasteiger partial charge is 0.357 e. The Morgan fingerprint density at radius 1 is 1.06 bits per heavy atom. The Kier molecular flexibility index (Phi) is 6.30. The van der Waals surface area contributed by atoms with Crippen molar-refractivity contribution in [2.45, 2.75) is 0 Å². The summed E-state index contributed by atoms with van der Waals surface area (Å²) in [5.74, 6) is -3.27. The van der Waals surface area contributed by atoms with Gasteiger partial charge in [0.25, 0.3) is 5.91 Å². The molecule has 0 aliphatic heterocycles. The first-order chi connectivity index (χ1) is 16.0. The highest BCUT2D eigenvalue weighted by molar-refractivity contribution is 6.16. The Morgan fingerprint density at radius 2 is 1.88 bits per heavy atom. The SMILES string of the molecule is O=C(COC(=O)/C(=C/c1ccco1)n1nnnc1-c1ccccc1)Nc1ccc(F)c(F)c1. The zero-order chi connectivity index (χ0) is 23.2. The van der Waals surface area contributed by atoms with Crippen LogP contribution >= 0.6 is 0 Å². The highest BCUT2D eigenvalue weighted by Gasteiger charge is 2.22. The van der Waals surface area contributed by atoms with Gasteiger partial charge in [-0.05, 0) is 34.7 Å². The minimum absolute atomic E-state index is 0.00754. The summed E-state index contributed by atoms with van der Waals surface area (Å²) in [4.78, 5) is 25.0. The molecular weight excluding hydrogens is 436 g/mol. The lowest BCUT2D eigenvalue weighted by Gasteiger charge is -2.10. The van der Waals surface area contributed by atoms with Gasteiger partial charge in [-0.3, -0.25) is 4.79 Å². The van der Waals surface area contributed by atoms with Gasteiger partial charge in [-0.2, -0.15) is 4.68 Å². The number of benzene rings is 2. The van der Waals surface area contributed by atoms with Crippen LogP contribution in [-0.4, -0.2) is 38.7 Å². The van der Waals surface area contributed by atoms with E-state index in [-0.39, 0.29) is 17.2 Å². The molecule has 2 heterocycles. The van der Waals surface area contributed by atoms with Gasteiger partial charge in [-0.15, -0.1) is 5.10 Å². The molecule has 0 radical (unpaired) electrons. The summed E-state index contributed by atoms with van der Waals surface area (Å²) < 4.78 is 37.9. The van der Waals surface area contributed by atoms with E-state index in [2.05, 4.69) is 20.8 Å². The molecule has 2 aromatic carbocycles. The summed E-state index contributed by atoms with van der Waals surface area (Å²) in [7, 11) is 0. The third-order valence-electron chi connectivity index (χ3n) is 4.30. The minimum Gasteiger partial charge on any atom is -0.465 e. The molecule has 1 N–H and O–H groups in total. The Morgan fingerprint density at radius 3 is 2.61 bits per heavy atom. The number of rotatable bonds is 7. The lowest BCUT2D eigenvalue weighted by Crippen LogP contribution is -2.23. The molecule has 1 amide bonds. The van der Waals surface area contributed by atoms with Crippen molar-refractivity contribution in [3.63, 3.8) is 0 Å². The van der Waals surface area contributed by atoms with E-state index in [0.29, 0.717) is 11.3 Å². The zero-order valence-corrected chi connectivity index (χ0v) is 16.8. The third kappa shape index (κ3) is 5.15. The number of aromatic nitrogens is 4. The van der Waals surface area contributed by atoms with Crippen molar-refractivity contribution < 1.29 is 27.5 Å². The number of ether oxygens (including phenoxy) is 1. The van der Waals surface area contributed by atoms with E-state index in [1.54, 1.807) is 36.4 Å². The average molecular weight is 451 g/mol. The fourth-order valence-electron chi connectivity index (χ4n) is 2.81. The summed E-state index contributed by atoms with van der Waals surface area (Å²) in [5.41, 5.74) is 0.527. The summed E-state index contributed by atoms with van der Waals surface area (Å²) >= 11 is 0. The molecular formula is C22H15F2N5O4. The Balaban J connectivity index is 1.54. The fourth-order valence-corrected chi connectivity index (χ4v) is 2.81. The van der Waals surface area contributed by atoms with Crippen molar-refractivity contribution in [3.05, 3.63) is 84.3 Å². The number of nitrogens with zero attached hydrogens (tertiary/aromatic N) is 4. The second-order valence-electron chi connectivity index (χ2n) is 6.58. The summed E-state index contributed by atoms with van der Waals surface area (Å²) in [5, 5.41) is 13.8. The maximum atomic E-state index is 13.3. The van der Waals surface area contributed by atoms with Crippen LogP contribution in [0.15, 0.2) is 71.3 Å². The highest BCUT2D eigenvalue weighted by atomic mass is 19.2. The van der Waals surface area contributed by atoms with Gasteiger partial charge < -0.3 is 14.5 Å². The summed E-state index contributed by atoms with van der Waals surface area (Å²) in [6.45, 7) is -0.698. The van der Waals surface area contributed by atoms with Crippen molar-refractivity contribution >= 4 is 29.3 Å². The van der Waals surface area contributed by atoms with Gasteiger partial charge in [0, 0.05) is 23.4 Å². The molecule has 11 heteroatoms. The van der Waals surface area contributed by atoms with Crippen LogP contribution in [-0.2, 0) is 14.3 Å². The topological polar surface area (TPSA) is 112 Å². The predicted molar refractivity (Wildman–Crippen MR) is 112 cm³/mol. The van der Waals surface area contributed by atoms with E-state index in [9.17, 15) is 18.4 Å². The molecule has 0 bridgehead atoms. The number of hydrogen-bond donors (Lipinski definition) is 1. The van der Waals surface area contributed by atoms with Gasteiger partial charge in [0.15, 0.2) is 29.8 Å². The first-order valence-electron chi connectivity index (χ1n) is 9.52. The molecule has 0 atom stereocenters. The van der Waals surface area contributed by atoms with Crippen LogP contribution in [0.5, 0.6) is 0 Å². The van der Waals surface area contributed by atoms with Crippen LogP contribution in [0.1, 0.15) is 5.76 Å². The largest absolute Gasteiger partial charge is 0.465 e. The van der Waals surface area contributed by atoms with Crippen molar-refractivity contribution in [2.75, 3.05) is 11.9 Å². The first kappa shape index (κ1) is 21.6. The zero-order valence-electron chi connectivity index (χ0n) is 16.8. The number of hydrogen-bond acceptors (Lipinski definition) is 7. The average Bonchev–Trinajstić information content (AvgIpc) is 3.51. The number of anilines is 1. The molecule has 4 rings (SSSR count). The second-order valence-corrected chi connectivity index (χ2v) is 6.58.